The van der Waals surface area contributed by atoms with Crippen LogP contribution in [0.15, 0.2) is 199 Å². The van der Waals surface area contributed by atoms with Crippen molar-refractivity contribution in [1.29, 1.82) is 0 Å². The zero-order valence-electron chi connectivity index (χ0n) is 38.7. The number of aromatic nitrogens is 3. The minimum absolute atomic E-state index is 0.0925. The fraction of sp³-hybridized carbons (Fsp3) is 0.129. The Kier molecular flexibility index (Phi) is 10.0. The summed E-state index contributed by atoms with van der Waals surface area (Å²) in [6, 6.07) is 65.8. The lowest BCUT2D eigenvalue weighted by Gasteiger charge is -2.23. The van der Waals surface area contributed by atoms with E-state index in [-0.39, 0.29) is 16.6 Å². The first-order valence-corrected chi connectivity index (χ1v) is 23.0. The highest BCUT2D eigenvalue weighted by molar-refractivity contribution is 6.11. The molecule has 67 heavy (non-hydrogen) atoms. The first-order valence-electron chi connectivity index (χ1n) is 23.0. The van der Waals surface area contributed by atoms with Gasteiger partial charge in [0, 0.05) is 33.7 Å². The van der Waals surface area contributed by atoms with E-state index < -0.39 is 0 Å². The minimum atomic E-state index is -0.170. The van der Waals surface area contributed by atoms with E-state index in [1.807, 2.05) is 36.5 Å². The van der Waals surface area contributed by atoms with Gasteiger partial charge in [0.15, 0.2) is 5.82 Å². The molecule has 0 saturated heterocycles. The maximum Gasteiger partial charge on any atom is 0.153 e. The van der Waals surface area contributed by atoms with Crippen molar-refractivity contribution < 1.29 is 9.52 Å². The summed E-state index contributed by atoms with van der Waals surface area (Å²) in [5.41, 5.74) is 17.4. The number of benzene rings is 8. The van der Waals surface area contributed by atoms with Crippen LogP contribution in [0.1, 0.15) is 52.7 Å². The van der Waals surface area contributed by atoms with Crippen molar-refractivity contribution in [2.45, 2.75) is 52.4 Å². The van der Waals surface area contributed by atoms with Crippen molar-refractivity contribution in [3.63, 3.8) is 0 Å². The summed E-state index contributed by atoms with van der Waals surface area (Å²) in [6.07, 6.45) is 1.91. The number of nitrogens with zero attached hydrogens (tertiary/aromatic N) is 3. The molecule has 1 N–H and O–H groups in total. The van der Waals surface area contributed by atoms with Gasteiger partial charge in [-0.1, -0.05) is 169 Å². The Morgan fingerprint density at radius 3 is 1.87 bits per heavy atom. The maximum atomic E-state index is 12.0. The molecule has 3 aromatic heterocycles. The Morgan fingerprint density at radius 1 is 0.478 bits per heavy atom. The van der Waals surface area contributed by atoms with Gasteiger partial charge in [-0.15, -0.1) is 0 Å². The van der Waals surface area contributed by atoms with E-state index in [0.717, 1.165) is 77.7 Å². The fourth-order valence-corrected chi connectivity index (χ4v) is 9.40. The number of furan rings is 1. The lowest BCUT2D eigenvalue weighted by Crippen LogP contribution is -2.12. The van der Waals surface area contributed by atoms with Crippen LogP contribution >= 0.6 is 0 Å². The second-order valence-corrected chi connectivity index (χ2v) is 19.6. The molecule has 0 atom stereocenters. The van der Waals surface area contributed by atoms with Crippen molar-refractivity contribution in [2.75, 3.05) is 0 Å². The van der Waals surface area contributed by atoms with E-state index in [1.165, 1.54) is 22.3 Å². The van der Waals surface area contributed by atoms with Gasteiger partial charge in [-0.3, -0.25) is 9.55 Å². The van der Waals surface area contributed by atoms with Crippen LogP contribution in [-0.2, 0) is 10.8 Å². The first kappa shape index (κ1) is 41.7. The van der Waals surface area contributed by atoms with Crippen molar-refractivity contribution in [1.82, 2.24) is 14.5 Å². The van der Waals surface area contributed by atoms with E-state index in [0.29, 0.717) is 17.0 Å². The van der Waals surface area contributed by atoms with E-state index in [1.54, 1.807) is 6.07 Å². The predicted octanol–water partition coefficient (Wildman–Crippen LogP) is 16.6. The van der Waals surface area contributed by atoms with Crippen LogP contribution in [0.4, 0.5) is 0 Å². The average Bonchev–Trinajstić information content (AvgIpc) is 3.92. The second kappa shape index (κ2) is 16.1. The molecule has 0 bridgehead atoms. The SMILES string of the molecule is CC(C)(C)c1cc(-c2cc(-c3ccc(-c4ccccc4)cc3)ccn2)cc(-c2cccc3c2nc(-c2c(O)ccc4c2oc2ccccc24)n3-c2ccc(C(C)(C)C)cc2-c2ccccc2)c1. The van der Waals surface area contributed by atoms with Crippen molar-refractivity contribution >= 4 is 33.0 Å². The highest BCUT2D eigenvalue weighted by Gasteiger charge is 2.27. The van der Waals surface area contributed by atoms with Gasteiger partial charge in [0.05, 0.1) is 22.4 Å². The normalized spacial score (nSPS) is 12.1. The molecule has 3 heterocycles. The molecule has 8 aromatic carbocycles. The summed E-state index contributed by atoms with van der Waals surface area (Å²) in [4.78, 5) is 10.6. The zero-order valence-corrected chi connectivity index (χ0v) is 38.7. The Bertz CT molecular complexity index is 3640. The number of imidazole rings is 1. The van der Waals surface area contributed by atoms with Crippen LogP contribution in [0.3, 0.4) is 0 Å². The van der Waals surface area contributed by atoms with Gasteiger partial charge in [-0.2, -0.15) is 0 Å². The predicted molar refractivity (Wildman–Crippen MR) is 278 cm³/mol. The molecule has 0 aliphatic heterocycles. The Balaban J connectivity index is 1.14. The van der Waals surface area contributed by atoms with Crippen molar-refractivity contribution in [3.8, 4) is 78.6 Å². The van der Waals surface area contributed by atoms with Crippen molar-refractivity contribution in [3.05, 3.63) is 205 Å². The smallest absolute Gasteiger partial charge is 0.153 e. The number of hydrogen-bond donors (Lipinski definition) is 1. The third-order valence-corrected chi connectivity index (χ3v) is 13.1. The van der Waals surface area contributed by atoms with Gasteiger partial charge in [0.2, 0.25) is 0 Å². The monoisotopic (exact) mass is 869 g/mol. The number of aromatic hydroxyl groups is 1. The van der Waals surface area contributed by atoms with Crippen LogP contribution in [-0.4, -0.2) is 19.6 Å². The maximum absolute atomic E-state index is 12.0. The third kappa shape index (κ3) is 7.56. The molecule has 11 rings (SSSR count). The molecule has 0 saturated carbocycles. The zero-order chi connectivity index (χ0) is 46.0. The lowest BCUT2D eigenvalue weighted by atomic mass is 9.83. The summed E-state index contributed by atoms with van der Waals surface area (Å²) in [5.74, 6) is 0.681. The standard InChI is InChI=1S/C62H51N3O2/c1-61(2,3)46-28-30-53(51(38-46)42-18-11-8-12-19-42)65-54-22-15-21-48(58(54)64-60(65)57-55(66)31-29-50-49-20-13-14-23-56(49)67-59(50)57)44-34-45(36-47(35-44)62(4,5)6)52-37-43(32-33-63-52)41-26-24-40(25-27-41)39-16-9-7-10-17-39/h7-38,66H,1-6H3. The summed E-state index contributed by atoms with van der Waals surface area (Å²) in [5, 5.41) is 13.9. The molecule has 0 fully saturated rings. The molecule has 0 unspecified atom stereocenters. The molecule has 0 aliphatic rings. The number of para-hydroxylation sites is 2. The van der Waals surface area contributed by atoms with Gasteiger partial charge in [-0.05, 0) is 116 Å². The van der Waals surface area contributed by atoms with Gasteiger partial charge in [-0.25, -0.2) is 4.98 Å². The molecule has 0 aliphatic carbocycles. The molecule has 5 nitrogen and oxygen atoms in total. The van der Waals surface area contributed by atoms with Gasteiger partial charge >= 0.3 is 0 Å². The van der Waals surface area contributed by atoms with Gasteiger partial charge in [0.25, 0.3) is 0 Å². The Hall–Kier alpha value is -8.02. The average molecular weight is 870 g/mol. The molecule has 0 amide bonds. The first-order chi connectivity index (χ1) is 32.4. The van der Waals surface area contributed by atoms with Crippen LogP contribution in [0.25, 0.3) is 106 Å². The Labute approximate surface area is 391 Å². The minimum Gasteiger partial charge on any atom is -0.507 e. The molecule has 326 valence electrons. The number of pyridine rings is 1. The molecule has 0 spiro atoms. The molecular weight excluding hydrogens is 819 g/mol. The number of hydrogen-bond acceptors (Lipinski definition) is 4. The van der Waals surface area contributed by atoms with Gasteiger partial charge < -0.3 is 9.52 Å². The molecule has 0 radical (unpaired) electrons. The largest absolute Gasteiger partial charge is 0.507 e. The topological polar surface area (TPSA) is 64.1 Å². The van der Waals surface area contributed by atoms with Gasteiger partial charge in [0.1, 0.15) is 22.5 Å². The third-order valence-electron chi connectivity index (χ3n) is 13.1. The van der Waals surface area contributed by atoms with Crippen LogP contribution < -0.4 is 0 Å². The van der Waals surface area contributed by atoms with E-state index in [2.05, 4.69) is 198 Å². The molecular formula is C62H51N3O2. The van der Waals surface area contributed by atoms with E-state index >= 15 is 0 Å². The number of fused-ring (bicyclic) bond motifs is 4. The second-order valence-electron chi connectivity index (χ2n) is 19.6. The van der Waals surface area contributed by atoms with Crippen LogP contribution in [0.2, 0.25) is 0 Å². The number of rotatable bonds is 7. The highest BCUT2D eigenvalue weighted by Crippen LogP contribution is 2.46. The Morgan fingerprint density at radius 2 is 1.13 bits per heavy atom. The van der Waals surface area contributed by atoms with Crippen LogP contribution in [0.5, 0.6) is 5.75 Å². The number of phenolic OH excluding ortho intramolecular Hbond substituents is 1. The van der Waals surface area contributed by atoms with Crippen molar-refractivity contribution in [2.24, 2.45) is 0 Å². The summed E-state index contributed by atoms with van der Waals surface area (Å²) in [6.45, 7) is 13.5. The van der Waals surface area contributed by atoms with Crippen LogP contribution in [0, 0.1) is 0 Å². The quantitative estimate of drug-likeness (QED) is 0.173. The summed E-state index contributed by atoms with van der Waals surface area (Å²) in [7, 11) is 0. The highest BCUT2D eigenvalue weighted by atomic mass is 16.3. The van der Waals surface area contributed by atoms with E-state index in [4.69, 9.17) is 14.4 Å². The summed E-state index contributed by atoms with van der Waals surface area (Å²) < 4.78 is 8.88. The van der Waals surface area contributed by atoms with E-state index in [9.17, 15) is 5.11 Å². The fourth-order valence-electron chi connectivity index (χ4n) is 9.40. The summed E-state index contributed by atoms with van der Waals surface area (Å²) >= 11 is 0. The lowest BCUT2D eigenvalue weighted by molar-refractivity contribution is 0.476. The number of phenols is 1. The molecule has 5 heteroatoms. The molecule has 11 aromatic rings.